The predicted octanol–water partition coefficient (Wildman–Crippen LogP) is 2.25. The van der Waals surface area contributed by atoms with Crippen LogP contribution in [0.25, 0.3) is 0 Å². The highest BCUT2D eigenvalue weighted by Crippen LogP contribution is 2.49. The second-order valence-corrected chi connectivity index (χ2v) is 4.71. The van der Waals surface area contributed by atoms with E-state index in [1.54, 1.807) is 0 Å². The summed E-state index contributed by atoms with van der Waals surface area (Å²) < 4.78 is 0. The molecule has 1 unspecified atom stereocenters. The molecule has 0 saturated heterocycles. The lowest BCUT2D eigenvalue weighted by Crippen LogP contribution is -2.46. The topological polar surface area (TPSA) is 63.3 Å². The Morgan fingerprint density at radius 1 is 1.50 bits per heavy atom. The molecule has 0 amide bonds. The van der Waals surface area contributed by atoms with Gasteiger partial charge in [-0.3, -0.25) is 4.79 Å². The highest BCUT2D eigenvalue weighted by Gasteiger charge is 2.49. The number of carboxylic acids is 1. The number of benzene rings is 1. The smallest absolute Gasteiger partial charge is 0.311 e. The van der Waals surface area contributed by atoms with Crippen molar-refractivity contribution in [2.24, 2.45) is 11.1 Å². The van der Waals surface area contributed by atoms with Gasteiger partial charge in [-0.2, -0.15) is 0 Å². The monoisotopic (exact) mass is 219 g/mol. The maximum absolute atomic E-state index is 11.3. The molecule has 3 nitrogen and oxygen atoms in total. The van der Waals surface area contributed by atoms with Crippen LogP contribution >= 0.6 is 0 Å². The molecule has 0 bridgehead atoms. The first-order valence-electron chi connectivity index (χ1n) is 5.62. The average Bonchev–Trinajstić information content (AvgIpc) is 2.15. The van der Waals surface area contributed by atoms with Crippen molar-refractivity contribution >= 4 is 5.97 Å². The van der Waals surface area contributed by atoms with Crippen LogP contribution in [0.4, 0.5) is 0 Å². The number of hydrogen-bond donors (Lipinski definition) is 2. The molecule has 1 saturated carbocycles. The summed E-state index contributed by atoms with van der Waals surface area (Å²) in [6.07, 6.45) is 2.35. The fraction of sp³-hybridized carbons (Fsp3) is 0.462. The Kier molecular flexibility index (Phi) is 2.72. The quantitative estimate of drug-likeness (QED) is 0.819. The Balaban J connectivity index is 2.30. The molecule has 0 aromatic heterocycles. The SMILES string of the molecule is Cc1cccc(C(N)C2(C(=O)O)CCC2)c1. The Hall–Kier alpha value is -1.35. The molecule has 3 N–H and O–H groups in total. The zero-order valence-corrected chi connectivity index (χ0v) is 9.44. The maximum Gasteiger partial charge on any atom is 0.311 e. The van der Waals surface area contributed by atoms with Crippen LogP contribution in [0.1, 0.15) is 36.4 Å². The normalized spacial score (nSPS) is 19.9. The van der Waals surface area contributed by atoms with Gasteiger partial charge < -0.3 is 10.8 Å². The first-order chi connectivity index (χ1) is 7.56. The molecule has 0 radical (unpaired) electrons. The van der Waals surface area contributed by atoms with Gasteiger partial charge in [-0.25, -0.2) is 0 Å². The van der Waals surface area contributed by atoms with Gasteiger partial charge in [0.1, 0.15) is 0 Å². The Labute approximate surface area is 95.3 Å². The number of aryl methyl sites for hydroxylation is 1. The van der Waals surface area contributed by atoms with Gasteiger partial charge in [0.15, 0.2) is 0 Å². The van der Waals surface area contributed by atoms with Gasteiger partial charge in [-0.05, 0) is 25.3 Å². The molecule has 16 heavy (non-hydrogen) atoms. The van der Waals surface area contributed by atoms with Crippen LogP contribution in [0.15, 0.2) is 24.3 Å². The van der Waals surface area contributed by atoms with Crippen LogP contribution in [0.2, 0.25) is 0 Å². The molecule has 0 aliphatic heterocycles. The number of aliphatic carboxylic acids is 1. The van der Waals surface area contributed by atoms with E-state index in [4.69, 9.17) is 5.73 Å². The summed E-state index contributed by atoms with van der Waals surface area (Å²) >= 11 is 0. The van der Waals surface area contributed by atoms with Crippen molar-refractivity contribution in [3.8, 4) is 0 Å². The zero-order valence-electron chi connectivity index (χ0n) is 9.44. The van der Waals surface area contributed by atoms with E-state index >= 15 is 0 Å². The second kappa shape index (κ2) is 3.91. The molecule has 0 spiro atoms. The van der Waals surface area contributed by atoms with Crippen LogP contribution in [0.3, 0.4) is 0 Å². The van der Waals surface area contributed by atoms with E-state index in [0.29, 0.717) is 12.8 Å². The first kappa shape index (κ1) is 11.1. The largest absolute Gasteiger partial charge is 0.481 e. The summed E-state index contributed by atoms with van der Waals surface area (Å²) in [5, 5.41) is 9.30. The van der Waals surface area contributed by atoms with Crippen LogP contribution in [-0.2, 0) is 4.79 Å². The van der Waals surface area contributed by atoms with Crippen LogP contribution in [-0.4, -0.2) is 11.1 Å². The molecule has 2 rings (SSSR count). The standard InChI is InChI=1S/C13H17NO2/c1-9-4-2-5-10(8-9)11(14)13(12(15)16)6-3-7-13/h2,4-5,8,11H,3,6-7,14H2,1H3,(H,15,16). The lowest BCUT2D eigenvalue weighted by molar-refractivity contribution is -0.156. The van der Waals surface area contributed by atoms with Crippen molar-refractivity contribution in [2.75, 3.05) is 0 Å². The fourth-order valence-electron chi connectivity index (χ4n) is 2.40. The van der Waals surface area contributed by atoms with Crippen molar-refractivity contribution in [2.45, 2.75) is 32.2 Å². The molecule has 1 atom stereocenters. The summed E-state index contributed by atoms with van der Waals surface area (Å²) in [5.41, 5.74) is 7.45. The minimum absolute atomic E-state index is 0.390. The molecule has 1 aromatic rings. The van der Waals surface area contributed by atoms with Crippen molar-refractivity contribution < 1.29 is 9.90 Å². The molecular formula is C13H17NO2. The van der Waals surface area contributed by atoms with E-state index in [1.165, 1.54) is 0 Å². The predicted molar refractivity (Wildman–Crippen MR) is 62.0 cm³/mol. The van der Waals surface area contributed by atoms with Crippen molar-refractivity contribution in [3.05, 3.63) is 35.4 Å². The molecule has 3 heteroatoms. The van der Waals surface area contributed by atoms with Gasteiger partial charge in [0.25, 0.3) is 0 Å². The summed E-state index contributed by atoms with van der Waals surface area (Å²) in [6.45, 7) is 1.99. The highest BCUT2D eigenvalue weighted by atomic mass is 16.4. The van der Waals surface area contributed by atoms with Crippen molar-refractivity contribution in [1.29, 1.82) is 0 Å². The lowest BCUT2D eigenvalue weighted by Gasteiger charge is -2.42. The first-order valence-corrected chi connectivity index (χ1v) is 5.62. The van der Waals surface area contributed by atoms with E-state index in [9.17, 15) is 9.90 Å². The highest BCUT2D eigenvalue weighted by molar-refractivity contribution is 5.77. The van der Waals surface area contributed by atoms with Crippen LogP contribution < -0.4 is 5.73 Å². The summed E-state index contributed by atoms with van der Waals surface area (Å²) in [6, 6.07) is 7.43. The lowest BCUT2D eigenvalue weighted by atomic mass is 9.62. The minimum atomic E-state index is -0.757. The molecule has 1 aliphatic carbocycles. The van der Waals surface area contributed by atoms with Gasteiger partial charge in [0.05, 0.1) is 5.41 Å². The van der Waals surface area contributed by atoms with Gasteiger partial charge in [-0.15, -0.1) is 0 Å². The van der Waals surface area contributed by atoms with E-state index in [0.717, 1.165) is 17.5 Å². The van der Waals surface area contributed by atoms with Crippen molar-refractivity contribution in [1.82, 2.24) is 0 Å². The average molecular weight is 219 g/mol. The van der Waals surface area contributed by atoms with E-state index in [1.807, 2.05) is 31.2 Å². The van der Waals surface area contributed by atoms with E-state index in [-0.39, 0.29) is 0 Å². The van der Waals surface area contributed by atoms with E-state index in [2.05, 4.69) is 0 Å². The zero-order chi connectivity index (χ0) is 11.8. The third kappa shape index (κ3) is 1.61. The molecule has 1 aromatic carbocycles. The molecule has 0 heterocycles. The van der Waals surface area contributed by atoms with Crippen molar-refractivity contribution in [3.63, 3.8) is 0 Å². The van der Waals surface area contributed by atoms with Crippen LogP contribution in [0, 0.1) is 12.3 Å². The van der Waals surface area contributed by atoms with E-state index < -0.39 is 17.4 Å². The molecule has 86 valence electrons. The minimum Gasteiger partial charge on any atom is -0.481 e. The number of nitrogens with two attached hydrogens (primary N) is 1. The fourth-order valence-corrected chi connectivity index (χ4v) is 2.40. The second-order valence-electron chi connectivity index (χ2n) is 4.71. The number of hydrogen-bond acceptors (Lipinski definition) is 2. The van der Waals surface area contributed by atoms with Gasteiger partial charge in [0, 0.05) is 6.04 Å². The van der Waals surface area contributed by atoms with Gasteiger partial charge in [-0.1, -0.05) is 36.2 Å². The third-order valence-electron chi connectivity index (χ3n) is 3.67. The molecular weight excluding hydrogens is 202 g/mol. The number of rotatable bonds is 3. The Morgan fingerprint density at radius 3 is 2.62 bits per heavy atom. The Bertz CT molecular complexity index is 410. The molecule has 1 fully saturated rings. The summed E-state index contributed by atoms with van der Waals surface area (Å²) in [7, 11) is 0. The third-order valence-corrected chi connectivity index (χ3v) is 3.67. The summed E-state index contributed by atoms with van der Waals surface area (Å²) in [4.78, 5) is 11.3. The maximum atomic E-state index is 11.3. The van der Waals surface area contributed by atoms with Crippen LogP contribution in [0.5, 0.6) is 0 Å². The summed E-state index contributed by atoms with van der Waals surface area (Å²) in [5.74, 6) is -0.757. The number of carbonyl (C=O) groups is 1. The Morgan fingerprint density at radius 2 is 2.19 bits per heavy atom. The number of carboxylic acid groups (broad SMARTS) is 1. The van der Waals surface area contributed by atoms with Gasteiger partial charge >= 0.3 is 5.97 Å². The van der Waals surface area contributed by atoms with Gasteiger partial charge in [0.2, 0.25) is 0 Å². The molecule has 1 aliphatic rings.